The number of unbranched alkanes of at least 4 members (excludes halogenated alkanes) is 4. The highest BCUT2D eigenvalue weighted by Gasteiger charge is 2.25. The molecule has 772 valence electrons. The van der Waals surface area contributed by atoms with Crippen molar-refractivity contribution in [3.63, 3.8) is 0 Å². The molecule has 134 heavy (non-hydrogen) atoms. The first kappa shape index (κ1) is 126. The lowest BCUT2D eigenvalue weighted by molar-refractivity contribution is 0.165. The van der Waals surface area contributed by atoms with Gasteiger partial charge in [0.2, 0.25) is 0 Å². The summed E-state index contributed by atoms with van der Waals surface area (Å²) in [5.74, 6) is 17.6. The fourth-order valence-corrected chi connectivity index (χ4v) is 17.4. The summed E-state index contributed by atoms with van der Waals surface area (Å²) in [6, 6.07) is 1.97. The first-order valence-corrected chi connectivity index (χ1v) is 58.0. The van der Waals surface area contributed by atoms with E-state index in [9.17, 15) is 21.0 Å². The summed E-state index contributed by atoms with van der Waals surface area (Å²) in [6.07, 6.45) is 70.9. The van der Waals surface area contributed by atoms with E-state index in [0.29, 0.717) is 24.0 Å². The lowest BCUT2D eigenvalue weighted by Gasteiger charge is -2.33. The fourth-order valence-electron chi connectivity index (χ4n) is 15.5. The number of rotatable bonds is 46. The van der Waals surface area contributed by atoms with E-state index in [-0.39, 0.29) is 5.75 Å². The quantitative estimate of drug-likeness (QED) is 0.0193. The Balaban J connectivity index is 0.000000739. The van der Waals surface area contributed by atoms with Crippen LogP contribution in [-0.2, 0) is 82.1 Å². The van der Waals surface area contributed by atoms with Crippen molar-refractivity contribution in [2.75, 3.05) is 94.4 Å². The summed E-state index contributed by atoms with van der Waals surface area (Å²) < 4.78 is 59.9. The summed E-state index contributed by atoms with van der Waals surface area (Å²) in [6.45, 7) is 62.8. The number of aryl methyl sites for hydroxylation is 7. The third kappa shape index (κ3) is 75.6. The van der Waals surface area contributed by atoms with Gasteiger partial charge >= 0.3 is 0 Å². The molecule has 24 nitrogen and oxygen atoms in total. The van der Waals surface area contributed by atoms with Crippen molar-refractivity contribution in [3.8, 4) is 0 Å². The van der Waals surface area contributed by atoms with Gasteiger partial charge in [0, 0.05) is 191 Å². The Morgan fingerprint density at radius 2 is 0.746 bits per heavy atom. The third-order valence-corrected chi connectivity index (χ3v) is 27.9. The van der Waals surface area contributed by atoms with Crippen molar-refractivity contribution in [3.05, 3.63) is 146 Å². The summed E-state index contributed by atoms with van der Waals surface area (Å²) >= 11 is 0. The van der Waals surface area contributed by atoms with Crippen molar-refractivity contribution in [1.29, 1.82) is 0 Å². The van der Waals surface area contributed by atoms with Gasteiger partial charge in [-0.15, -0.1) is 0 Å². The fraction of sp³-hybridized carbons (Fsp3) is 0.776. The molecule has 0 amide bonds. The van der Waals surface area contributed by atoms with Gasteiger partial charge in [-0.2, -0.15) is 5.10 Å². The maximum Gasteiger partial charge on any atom is 0.151 e. The number of nitrogens with zero attached hydrogens (tertiary/aromatic N) is 13. The molecule has 11 rings (SSSR count). The van der Waals surface area contributed by atoms with Gasteiger partial charge in [-0.3, -0.25) is 8.89 Å². The van der Waals surface area contributed by atoms with E-state index in [1.165, 1.54) is 178 Å². The predicted molar refractivity (Wildman–Crippen MR) is 570 cm³/mol. The number of aromatic amines is 6. The molecule has 0 saturated carbocycles. The van der Waals surface area contributed by atoms with Gasteiger partial charge in [-0.25, -0.2) is 51.7 Å². The van der Waals surface area contributed by atoms with Gasteiger partial charge < -0.3 is 49.2 Å². The zero-order chi connectivity index (χ0) is 99.8. The van der Waals surface area contributed by atoms with Crippen molar-refractivity contribution < 1.29 is 21.0 Å². The summed E-state index contributed by atoms with van der Waals surface area (Å²) in [4.78, 5) is 54.1. The molecule has 1 atom stereocenters. The van der Waals surface area contributed by atoms with Crippen LogP contribution in [0.15, 0.2) is 112 Å². The zero-order valence-corrected chi connectivity index (χ0v) is 92.1. The molecule has 0 spiro atoms. The van der Waals surface area contributed by atoms with Crippen LogP contribution < -0.4 is 0 Å². The molecule has 27 heteroatoms. The van der Waals surface area contributed by atoms with Crippen LogP contribution in [0.3, 0.4) is 0 Å². The van der Waals surface area contributed by atoms with Crippen LogP contribution in [-0.4, -0.2) is 209 Å². The molecule has 0 bridgehead atoms. The molecule has 0 aliphatic carbocycles. The molecule has 3 fully saturated rings. The van der Waals surface area contributed by atoms with E-state index < -0.39 is 30.5 Å². The van der Waals surface area contributed by atoms with Gasteiger partial charge in [0.15, 0.2) is 9.84 Å². The van der Waals surface area contributed by atoms with Gasteiger partial charge in [0.05, 0.1) is 30.5 Å². The number of sulfone groups is 2. The summed E-state index contributed by atoms with van der Waals surface area (Å²) in [7, 11) is -6.21. The number of hydrogen-bond donors (Lipinski definition) is 6. The van der Waals surface area contributed by atoms with Gasteiger partial charge in [-0.1, -0.05) is 223 Å². The lowest BCUT2D eigenvalue weighted by Crippen LogP contribution is -2.38. The summed E-state index contributed by atoms with van der Waals surface area (Å²) in [5.41, 5.74) is 2.52. The number of nitrogens with one attached hydrogen (secondary N) is 6. The molecule has 3 saturated heterocycles. The van der Waals surface area contributed by atoms with Crippen LogP contribution in [0, 0.1) is 82.9 Å². The molecular formula is C107H201N19O5S3. The third-order valence-electron chi connectivity index (χ3n) is 24.6. The Morgan fingerprint density at radius 3 is 1.09 bits per heavy atom. The molecular weight excluding hydrogens is 1730 g/mol. The number of piperidine rings is 3. The van der Waals surface area contributed by atoms with Crippen LogP contribution >= 0.6 is 0 Å². The van der Waals surface area contributed by atoms with E-state index in [2.05, 4.69) is 241 Å². The standard InChI is InChI=1S/C12H25NO2S.C11H23NO2S.C11H23NOS.4C10H18N2.2C9H16N2.C8H14N2.C7H12N2/c1-4-16(14,15)10-9-13-7-5-12(6-8-13)11(2)3;1-10(2)11-4-6-12(7-5-11)8-9-15(3,13)14;1-10(2)11-4-6-12(7-5-11)8-9-14(3)13;1-10(2)6-3-4-8-12-9-5-7-11-12;1-10(2)5-3-4-7-12-8-6-11-9-12;1-9(2)5-3-4-6-10-7-11-8-12-10;1-9(2)5-3-4-6-10-11-7-8-12-10;1-8(2)4-3-5-9-6-10-7-11-9;1-8(2)4-3-5-9-10-6-7-11-9;1-7(2)3-4-8-9-5-6-10-8;1-6(2)5-7-8-3-4-9-7/h11-12H,4-10H2,1-3H3;10-11H,4-9H2,1-3H3;10-11H,4-9H2,1-3H3;5,7,9-10H,3-4,6,8H2,1-2H3;6,8-10H,3-5,7H2,1-2H3;2*7-9H,3-6H2,1-2H3,(H,11,12);2*6-8H,3-5H2,1-2H3,(H,10,11);5-7H,3-4H2,1-2H3,(H,9,10);3-4,6H,5H2,1-2H3,(H,8,9). The summed E-state index contributed by atoms with van der Waals surface area (Å²) in [5, 5.41) is 4.15. The molecule has 6 N–H and O–H groups in total. The molecule has 0 aromatic carbocycles. The second-order valence-corrected chi connectivity index (χ2v) is 48.2. The Labute approximate surface area is 822 Å². The van der Waals surface area contributed by atoms with E-state index >= 15 is 0 Å². The highest BCUT2D eigenvalue weighted by Crippen LogP contribution is 2.27. The van der Waals surface area contributed by atoms with Crippen molar-refractivity contribution in [2.45, 2.75) is 359 Å². The van der Waals surface area contributed by atoms with Crippen LogP contribution in [0.4, 0.5) is 0 Å². The van der Waals surface area contributed by atoms with E-state index in [1.54, 1.807) is 38.2 Å². The van der Waals surface area contributed by atoms with Gasteiger partial charge in [0.25, 0.3) is 0 Å². The van der Waals surface area contributed by atoms with Gasteiger partial charge in [0.1, 0.15) is 33.1 Å². The normalized spacial score (nSPS) is 14.4. The van der Waals surface area contributed by atoms with Crippen molar-refractivity contribution >= 4 is 30.5 Å². The van der Waals surface area contributed by atoms with Crippen LogP contribution in [0.2, 0.25) is 0 Å². The largest absolute Gasteiger partial charge is 0.349 e. The maximum absolute atomic E-state index is 11.4. The maximum atomic E-state index is 11.4. The second kappa shape index (κ2) is 78.4. The smallest absolute Gasteiger partial charge is 0.151 e. The molecule has 3 aliphatic heterocycles. The zero-order valence-electron chi connectivity index (χ0n) is 89.7. The van der Waals surface area contributed by atoms with E-state index in [1.807, 2.05) is 91.4 Å². The minimum Gasteiger partial charge on any atom is -0.349 e. The monoisotopic (exact) mass is 1930 g/mol. The van der Waals surface area contributed by atoms with Crippen LogP contribution in [0.25, 0.3) is 0 Å². The Hall–Kier alpha value is -6.39. The first-order chi connectivity index (χ1) is 63.7. The Bertz CT molecular complexity index is 3760. The molecule has 1 unspecified atom stereocenters. The number of hydrogen-bond acceptors (Lipinski definition) is 16. The number of aromatic nitrogens is 16. The highest BCUT2D eigenvalue weighted by molar-refractivity contribution is 7.91. The Kier molecular flexibility index (Phi) is 73.5. The minimum atomic E-state index is -2.80. The second-order valence-electron chi connectivity index (χ2n) is 41.9. The number of imidazole rings is 7. The Morgan fingerprint density at radius 1 is 0.381 bits per heavy atom. The molecule has 0 radical (unpaired) electrons. The number of H-pyrrole nitrogens is 6. The molecule has 8 aromatic rings. The first-order valence-electron chi connectivity index (χ1n) is 52.4. The molecule has 11 heterocycles. The van der Waals surface area contributed by atoms with E-state index in [4.69, 9.17) is 0 Å². The minimum absolute atomic E-state index is 0.273. The van der Waals surface area contributed by atoms with E-state index in [0.717, 1.165) is 197 Å². The van der Waals surface area contributed by atoms with Crippen LogP contribution in [0.5, 0.6) is 0 Å². The molecule has 3 aliphatic rings. The predicted octanol–water partition coefficient (Wildman–Crippen LogP) is 24.3. The van der Waals surface area contributed by atoms with Crippen molar-refractivity contribution in [2.24, 2.45) is 82.9 Å². The van der Waals surface area contributed by atoms with Crippen molar-refractivity contribution in [1.82, 2.24) is 93.8 Å². The highest BCUT2D eigenvalue weighted by atomic mass is 32.2. The lowest BCUT2D eigenvalue weighted by atomic mass is 9.87. The molecule has 8 aromatic heterocycles. The van der Waals surface area contributed by atoms with Gasteiger partial charge in [-0.05, 0) is 224 Å². The average molecular weight is 1930 g/mol. The number of likely N-dealkylation sites (tertiary alicyclic amines) is 3. The average Bonchev–Trinajstić information content (AvgIpc) is 1.45. The topological polar surface area (TPSA) is 303 Å². The van der Waals surface area contributed by atoms with Crippen LogP contribution in [0.1, 0.15) is 342 Å². The SMILES string of the molecule is CC(C)C1CCN(CCS(C)(=O)=O)CC1.CC(C)C1CCN(CCS(C)=O)CC1.CC(C)CCCCc1cnc[nH]1.CC(C)CCCCc1ncc[nH]1.CC(C)CCCCn1cccn1.CC(C)CCCCn1ccnc1.CC(C)CCCc1cnc[nH]1.CC(C)CCCc1ncc[nH]1.CC(C)CCc1ncc[nH]1.CC(C)Cc1ncc[nH]1.CCS(=O)(=O)CCN1CCC(C(C)C)CC1.